The molecule has 2 aromatic rings. The molecule has 0 saturated carbocycles. The Balaban J connectivity index is 1.45. The summed E-state index contributed by atoms with van der Waals surface area (Å²) in [6.45, 7) is 0. The summed E-state index contributed by atoms with van der Waals surface area (Å²) >= 11 is 0. The molecule has 1 aromatic heterocycles. The first-order chi connectivity index (χ1) is 11.2. The summed E-state index contributed by atoms with van der Waals surface area (Å²) in [7, 11) is 0. The normalized spacial score (nSPS) is 26.5. The Labute approximate surface area is 135 Å². The van der Waals surface area contributed by atoms with E-state index in [2.05, 4.69) is 4.98 Å². The summed E-state index contributed by atoms with van der Waals surface area (Å²) in [6.07, 6.45) is 9.16. The number of hydrogen-bond acceptors (Lipinski definition) is 3. The van der Waals surface area contributed by atoms with Gasteiger partial charge in [0, 0.05) is 30.2 Å². The minimum Gasteiger partial charge on any atom is -0.393 e. The molecule has 2 aliphatic heterocycles. The van der Waals surface area contributed by atoms with Gasteiger partial charge in [0.2, 0.25) is 5.91 Å². The van der Waals surface area contributed by atoms with Gasteiger partial charge >= 0.3 is 0 Å². The van der Waals surface area contributed by atoms with Crippen molar-refractivity contribution in [3.05, 3.63) is 48.5 Å². The molecule has 2 bridgehead atoms. The Kier molecular flexibility index (Phi) is 3.65. The Morgan fingerprint density at radius 3 is 2.48 bits per heavy atom. The van der Waals surface area contributed by atoms with Crippen molar-refractivity contribution in [2.75, 3.05) is 0 Å². The Morgan fingerprint density at radius 1 is 1.17 bits per heavy atom. The van der Waals surface area contributed by atoms with Crippen LogP contribution in [0.4, 0.5) is 0 Å². The first-order valence-electron chi connectivity index (χ1n) is 8.27. The third kappa shape index (κ3) is 2.77. The Morgan fingerprint density at radius 2 is 1.87 bits per heavy atom. The minimum absolute atomic E-state index is 0.194. The second kappa shape index (κ2) is 5.81. The quantitative estimate of drug-likeness (QED) is 0.942. The van der Waals surface area contributed by atoms with Crippen LogP contribution in [-0.2, 0) is 11.2 Å². The van der Waals surface area contributed by atoms with Crippen molar-refractivity contribution in [1.29, 1.82) is 0 Å². The molecule has 5 heteroatoms. The molecule has 120 valence electrons. The van der Waals surface area contributed by atoms with Crippen LogP contribution in [0.25, 0.3) is 5.69 Å². The van der Waals surface area contributed by atoms with Crippen LogP contribution in [0.3, 0.4) is 0 Å². The van der Waals surface area contributed by atoms with Crippen LogP contribution in [0.1, 0.15) is 31.2 Å². The number of aliphatic hydroxyl groups is 1. The number of rotatable bonds is 3. The van der Waals surface area contributed by atoms with Crippen molar-refractivity contribution in [3.8, 4) is 5.69 Å². The van der Waals surface area contributed by atoms with Crippen molar-refractivity contribution in [2.45, 2.75) is 50.3 Å². The van der Waals surface area contributed by atoms with Crippen LogP contribution in [-0.4, -0.2) is 43.7 Å². The number of aromatic nitrogens is 2. The number of piperidine rings is 1. The summed E-state index contributed by atoms with van der Waals surface area (Å²) in [6, 6.07) is 8.52. The van der Waals surface area contributed by atoms with Crippen LogP contribution >= 0.6 is 0 Å². The minimum atomic E-state index is -0.231. The van der Waals surface area contributed by atoms with Gasteiger partial charge in [0.1, 0.15) is 0 Å². The summed E-state index contributed by atoms with van der Waals surface area (Å²) in [5.74, 6) is 0.194. The maximum atomic E-state index is 12.7. The number of imidazole rings is 1. The van der Waals surface area contributed by atoms with Crippen LogP contribution in [0.15, 0.2) is 43.0 Å². The summed E-state index contributed by atoms with van der Waals surface area (Å²) in [4.78, 5) is 18.8. The second-order valence-electron chi connectivity index (χ2n) is 6.62. The molecule has 2 fully saturated rings. The number of hydrogen-bond donors (Lipinski definition) is 1. The highest BCUT2D eigenvalue weighted by atomic mass is 16.3. The molecule has 4 rings (SSSR count). The van der Waals surface area contributed by atoms with E-state index in [1.54, 1.807) is 12.5 Å². The number of fused-ring (bicyclic) bond motifs is 2. The van der Waals surface area contributed by atoms with E-state index >= 15 is 0 Å². The fourth-order valence-corrected chi connectivity index (χ4v) is 4.02. The van der Waals surface area contributed by atoms with E-state index in [1.165, 1.54) is 0 Å². The molecule has 0 aliphatic carbocycles. The maximum absolute atomic E-state index is 12.7. The topological polar surface area (TPSA) is 58.4 Å². The number of carbonyl (C=O) groups excluding carboxylic acids is 1. The van der Waals surface area contributed by atoms with Crippen molar-refractivity contribution < 1.29 is 9.90 Å². The molecule has 5 nitrogen and oxygen atoms in total. The molecule has 2 unspecified atom stereocenters. The van der Waals surface area contributed by atoms with Gasteiger partial charge in [-0.3, -0.25) is 4.79 Å². The smallest absolute Gasteiger partial charge is 0.227 e. The predicted molar refractivity (Wildman–Crippen MR) is 86.2 cm³/mol. The van der Waals surface area contributed by atoms with Crippen LogP contribution in [0.5, 0.6) is 0 Å². The fraction of sp³-hybridized carbons (Fsp3) is 0.444. The number of aliphatic hydroxyl groups excluding tert-OH is 1. The fourth-order valence-electron chi connectivity index (χ4n) is 4.02. The zero-order chi connectivity index (χ0) is 15.8. The molecule has 1 amide bonds. The number of carbonyl (C=O) groups is 1. The van der Waals surface area contributed by atoms with Gasteiger partial charge in [0.05, 0.1) is 18.9 Å². The molecule has 3 heterocycles. The summed E-state index contributed by atoms with van der Waals surface area (Å²) < 4.78 is 1.94. The van der Waals surface area contributed by atoms with E-state index in [0.29, 0.717) is 6.42 Å². The van der Waals surface area contributed by atoms with Crippen molar-refractivity contribution in [2.24, 2.45) is 0 Å². The second-order valence-corrected chi connectivity index (χ2v) is 6.62. The standard InChI is InChI=1S/C18H21N3O2/c22-17-10-15-5-6-16(11-17)21(15)18(23)9-13-1-3-14(4-2-13)20-8-7-19-12-20/h1-4,7-8,12,15-17,22H,5-6,9-11H2. The van der Waals surface area contributed by atoms with Crippen molar-refractivity contribution in [1.82, 2.24) is 14.5 Å². The van der Waals surface area contributed by atoms with Gasteiger partial charge in [-0.2, -0.15) is 0 Å². The highest BCUT2D eigenvalue weighted by Crippen LogP contribution is 2.36. The lowest BCUT2D eigenvalue weighted by Crippen LogP contribution is -2.48. The zero-order valence-electron chi connectivity index (χ0n) is 13.0. The number of benzene rings is 1. The summed E-state index contributed by atoms with van der Waals surface area (Å²) in [5, 5.41) is 9.85. The van der Waals surface area contributed by atoms with Crippen LogP contribution < -0.4 is 0 Å². The molecular weight excluding hydrogens is 290 g/mol. The zero-order valence-corrected chi connectivity index (χ0v) is 13.0. The van der Waals surface area contributed by atoms with Gasteiger partial charge in [-0.25, -0.2) is 4.98 Å². The average Bonchev–Trinajstić information content (AvgIpc) is 3.15. The van der Waals surface area contributed by atoms with Gasteiger partial charge in [-0.05, 0) is 43.4 Å². The molecule has 23 heavy (non-hydrogen) atoms. The van der Waals surface area contributed by atoms with E-state index in [9.17, 15) is 9.90 Å². The molecule has 2 aliphatic rings. The first kappa shape index (κ1) is 14.5. The largest absolute Gasteiger partial charge is 0.393 e. The highest BCUT2D eigenvalue weighted by molar-refractivity contribution is 5.80. The molecule has 0 radical (unpaired) electrons. The SMILES string of the molecule is O=C(Cc1ccc(-n2ccnc2)cc1)N1C2CCC1CC(O)C2. The van der Waals surface area contributed by atoms with Gasteiger partial charge in [0.25, 0.3) is 0 Å². The molecular formula is C18H21N3O2. The third-order valence-corrected chi connectivity index (χ3v) is 5.09. The first-order valence-corrected chi connectivity index (χ1v) is 8.27. The molecule has 2 saturated heterocycles. The Bertz CT molecular complexity index is 667. The molecule has 1 N–H and O–H groups in total. The lowest BCUT2D eigenvalue weighted by molar-refractivity contribution is -0.136. The number of amides is 1. The van der Waals surface area contributed by atoms with Crippen molar-refractivity contribution in [3.63, 3.8) is 0 Å². The van der Waals surface area contributed by atoms with Gasteiger partial charge in [-0.15, -0.1) is 0 Å². The predicted octanol–water partition coefficient (Wildman–Crippen LogP) is 1.93. The summed E-state index contributed by atoms with van der Waals surface area (Å²) in [5.41, 5.74) is 2.07. The van der Waals surface area contributed by atoms with E-state index in [4.69, 9.17) is 0 Å². The van der Waals surface area contributed by atoms with Crippen LogP contribution in [0.2, 0.25) is 0 Å². The van der Waals surface area contributed by atoms with E-state index in [0.717, 1.165) is 36.9 Å². The lowest BCUT2D eigenvalue weighted by Gasteiger charge is -2.37. The Hall–Kier alpha value is -2.14. The molecule has 2 atom stereocenters. The van der Waals surface area contributed by atoms with Crippen molar-refractivity contribution >= 4 is 5.91 Å². The lowest BCUT2D eigenvalue weighted by atomic mass is 9.98. The maximum Gasteiger partial charge on any atom is 0.227 e. The van der Waals surface area contributed by atoms with E-state index in [-0.39, 0.29) is 24.1 Å². The number of nitrogens with zero attached hydrogens (tertiary/aromatic N) is 3. The highest BCUT2D eigenvalue weighted by Gasteiger charge is 2.42. The van der Waals surface area contributed by atoms with Gasteiger partial charge in [-0.1, -0.05) is 12.1 Å². The van der Waals surface area contributed by atoms with E-state index < -0.39 is 0 Å². The van der Waals surface area contributed by atoms with Gasteiger partial charge in [0.15, 0.2) is 0 Å². The monoisotopic (exact) mass is 311 g/mol. The van der Waals surface area contributed by atoms with Gasteiger partial charge < -0.3 is 14.6 Å². The van der Waals surface area contributed by atoms with E-state index in [1.807, 2.05) is 39.9 Å². The third-order valence-electron chi connectivity index (χ3n) is 5.09. The molecule has 1 aromatic carbocycles. The average molecular weight is 311 g/mol. The molecule has 0 spiro atoms. The van der Waals surface area contributed by atoms with Crippen LogP contribution in [0, 0.1) is 0 Å².